The maximum Gasteiger partial charge on any atom is 0.120 e. The molecule has 3 nitrogen and oxygen atoms in total. The molecule has 1 aromatic heterocycles. The van der Waals surface area contributed by atoms with Crippen molar-refractivity contribution in [3.8, 4) is 0 Å². The van der Waals surface area contributed by atoms with Crippen LogP contribution in [0.2, 0.25) is 0 Å². The lowest BCUT2D eigenvalue weighted by atomic mass is 9.58. The highest BCUT2D eigenvalue weighted by molar-refractivity contribution is 5.57. The van der Waals surface area contributed by atoms with Gasteiger partial charge in [-0.2, -0.15) is 0 Å². The van der Waals surface area contributed by atoms with E-state index in [1.807, 2.05) is 19.2 Å². The number of aryl methyl sites for hydroxylation is 1. The van der Waals surface area contributed by atoms with Crippen LogP contribution in [0.4, 0.5) is 4.39 Å². The maximum atomic E-state index is 16.0. The number of allylic oxidation sites excluding steroid dienone is 4. The Bertz CT molecular complexity index is 968. The van der Waals surface area contributed by atoms with E-state index >= 15 is 4.39 Å². The molecule has 31 heavy (non-hydrogen) atoms. The van der Waals surface area contributed by atoms with Gasteiger partial charge in [0.1, 0.15) is 5.67 Å². The number of aliphatic hydroxyl groups excluding tert-OH is 1. The molecular weight excluding hydrogens is 389 g/mol. The zero-order chi connectivity index (χ0) is 21.9. The fraction of sp³-hybridized carbons (Fsp3) is 0.593. The summed E-state index contributed by atoms with van der Waals surface area (Å²) in [7, 11) is 0. The number of rotatable bonds is 2. The average molecular weight is 424 g/mol. The summed E-state index contributed by atoms with van der Waals surface area (Å²) in [6.07, 6.45) is 14.8. The van der Waals surface area contributed by atoms with E-state index in [0.29, 0.717) is 19.3 Å². The van der Waals surface area contributed by atoms with Crippen molar-refractivity contribution in [2.45, 2.75) is 82.6 Å². The molecule has 1 aromatic rings. The van der Waals surface area contributed by atoms with Gasteiger partial charge in [-0.3, -0.25) is 4.98 Å². The minimum absolute atomic E-state index is 0.0556. The summed E-state index contributed by atoms with van der Waals surface area (Å²) >= 11 is 0. The lowest BCUT2D eigenvalue weighted by Crippen LogP contribution is -2.49. The largest absolute Gasteiger partial charge is 0.393 e. The standard InChI is InChI=1S/C27H34FNO2/c1-18-19(4-3-15-29-18)5-6-20-8-10-24-25(20,2)13-11-22-16-26(28)17-23(30)9-7-21(26)12-14-27(22,24)31/h3-6,8,11,15,21,23-24,30-31H,7,9-10,12-14,16-17H2,1-2H3/b6-5+/t21?,23?,24?,25?,26?,27-/m1/s1. The molecule has 0 spiro atoms. The minimum atomic E-state index is -1.38. The number of halogens is 1. The number of alkyl halides is 1. The van der Waals surface area contributed by atoms with Gasteiger partial charge in [-0.05, 0) is 74.1 Å². The van der Waals surface area contributed by atoms with Crippen molar-refractivity contribution in [1.82, 2.24) is 4.98 Å². The first-order valence-electron chi connectivity index (χ1n) is 11.8. The molecule has 1 heterocycles. The number of pyridine rings is 1. The summed E-state index contributed by atoms with van der Waals surface area (Å²) in [5, 5.41) is 22.1. The molecule has 2 fully saturated rings. The van der Waals surface area contributed by atoms with Crippen molar-refractivity contribution >= 4 is 6.08 Å². The Morgan fingerprint density at radius 3 is 2.84 bits per heavy atom. The van der Waals surface area contributed by atoms with E-state index in [-0.39, 0.29) is 30.1 Å². The van der Waals surface area contributed by atoms with E-state index in [1.54, 1.807) is 0 Å². The maximum absolute atomic E-state index is 16.0. The lowest BCUT2D eigenvalue weighted by molar-refractivity contribution is -0.0401. The molecule has 5 unspecified atom stereocenters. The second kappa shape index (κ2) is 7.38. The number of aromatic nitrogens is 1. The Labute approximate surface area is 184 Å². The molecule has 5 rings (SSSR count). The zero-order valence-corrected chi connectivity index (χ0v) is 18.6. The molecule has 4 aliphatic carbocycles. The highest BCUT2D eigenvalue weighted by Gasteiger charge is 2.58. The van der Waals surface area contributed by atoms with Crippen LogP contribution in [0.5, 0.6) is 0 Å². The summed E-state index contributed by atoms with van der Waals surface area (Å²) in [6, 6.07) is 4.02. The normalized spacial score (nSPS) is 42.3. The Balaban J connectivity index is 1.44. The third kappa shape index (κ3) is 3.34. The van der Waals surface area contributed by atoms with Crippen LogP contribution in [-0.2, 0) is 0 Å². The molecule has 0 radical (unpaired) electrons. The molecule has 2 N–H and O–H groups in total. The van der Waals surface area contributed by atoms with Gasteiger partial charge in [-0.25, -0.2) is 4.39 Å². The van der Waals surface area contributed by atoms with Crippen LogP contribution < -0.4 is 0 Å². The highest BCUT2D eigenvalue weighted by Crippen LogP contribution is 2.61. The molecule has 0 aliphatic heterocycles. The van der Waals surface area contributed by atoms with Crippen molar-refractivity contribution in [3.05, 3.63) is 59.0 Å². The van der Waals surface area contributed by atoms with Gasteiger partial charge in [-0.15, -0.1) is 0 Å². The SMILES string of the molecule is Cc1ncccc1/C=C/C1=CCC2C1(C)CC=C1CC3(F)CC(O)CCC3CC[C@@]12O. The van der Waals surface area contributed by atoms with Crippen molar-refractivity contribution in [3.63, 3.8) is 0 Å². The fourth-order valence-electron chi connectivity index (χ4n) is 6.97. The molecule has 0 bridgehead atoms. The number of fused-ring (bicyclic) bond motifs is 4. The molecule has 4 aliphatic rings. The monoisotopic (exact) mass is 423 g/mol. The van der Waals surface area contributed by atoms with Crippen LogP contribution >= 0.6 is 0 Å². The Morgan fingerprint density at radius 1 is 1.19 bits per heavy atom. The average Bonchev–Trinajstić information content (AvgIpc) is 3.01. The molecule has 2 saturated carbocycles. The van der Waals surface area contributed by atoms with Crippen LogP contribution in [0.1, 0.15) is 69.5 Å². The lowest BCUT2D eigenvalue weighted by Gasteiger charge is -2.49. The summed E-state index contributed by atoms with van der Waals surface area (Å²) in [5.74, 6) is 0.0169. The topological polar surface area (TPSA) is 53.4 Å². The van der Waals surface area contributed by atoms with E-state index in [0.717, 1.165) is 36.1 Å². The van der Waals surface area contributed by atoms with Gasteiger partial charge in [0, 0.05) is 36.1 Å². The van der Waals surface area contributed by atoms with E-state index < -0.39 is 17.4 Å². The predicted octanol–water partition coefficient (Wildman–Crippen LogP) is 5.47. The van der Waals surface area contributed by atoms with Crippen molar-refractivity contribution in [2.75, 3.05) is 0 Å². The van der Waals surface area contributed by atoms with Crippen molar-refractivity contribution in [1.29, 1.82) is 0 Å². The van der Waals surface area contributed by atoms with Gasteiger partial charge in [-0.1, -0.05) is 37.3 Å². The first-order chi connectivity index (χ1) is 14.7. The smallest absolute Gasteiger partial charge is 0.120 e. The van der Waals surface area contributed by atoms with Crippen molar-refractivity contribution in [2.24, 2.45) is 17.3 Å². The van der Waals surface area contributed by atoms with Crippen LogP contribution in [0.3, 0.4) is 0 Å². The third-order valence-electron chi connectivity index (χ3n) is 8.91. The van der Waals surface area contributed by atoms with Gasteiger partial charge in [0.05, 0.1) is 11.7 Å². The molecule has 4 heteroatoms. The molecule has 6 atom stereocenters. The zero-order valence-electron chi connectivity index (χ0n) is 18.6. The molecule has 0 aromatic carbocycles. The van der Waals surface area contributed by atoms with Crippen molar-refractivity contribution < 1.29 is 14.6 Å². The number of aliphatic hydroxyl groups is 2. The van der Waals surface area contributed by atoms with Gasteiger partial charge >= 0.3 is 0 Å². The number of nitrogens with zero attached hydrogens (tertiary/aromatic N) is 1. The molecule has 0 saturated heterocycles. The van der Waals surface area contributed by atoms with Gasteiger partial charge in [0.15, 0.2) is 0 Å². The van der Waals surface area contributed by atoms with Gasteiger partial charge in [0.25, 0.3) is 0 Å². The Kier molecular flexibility index (Phi) is 5.02. The molecule has 166 valence electrons. The fourth-order valence-corrected chi connectivity index (χ4v) is 6.97. The first kappa shape index (κ1) is 21.1. The Morgan fingerprint density at radius 2 is 2.03 bits per heavy atom. The molecule has 0 amide bonds. The summed E-state index contributed by atoms with van der Waals surface area (Å²) in [4.78, 5) is 4.37. The summed E-state index contributed by atoms with van der Waals surface area (Å²) < 4.78 is 16.0. The second-order valence-corrected chi connectivity index (χ2v) is 10.6. The van der Waals surface area contributed by atoms with Gasteiger partial charge in [0.2, 0.25) is 0 Å². The van der Waals surface area contributed by atoms with E-state index in [2.05, 4.69) is 42.3 Å². The first-order valence-corrected chi connectivity index (χ1v) is 11.8. The highest BCUT2D eigenvalue weighted by atomic mass is 19.1. The summed E-state index contributed by atoms with van der Waals surface area (Å²) in [6.45, 7) is 4.27. The van der Waals surface area contributed by atoms with Crippen LogP contribution in [-0.4, -0.2) is 32.6 Å². The quantitative estimate of drug-likeness (QED) is 0.620. The predicted molar refractivity (Wildman–Crippen MR) is 121 cm³/mol. The third-order valence-corrected chi connectivity index (χ3v) is 8.91. The van der Waals surface area contributed by atoms with Gasteiger partial charge < -0.3 is 10.2 Å². The second-order valence-electron chi connectivity index (χ2n) is 10.6. The number of hydrogen-bond acceptors (Lipinski definition) is 3. The minimum Gasteiger partial charge on any atom is -0.393 e. The van der Waals surface area contributed by atoms with Crippen LogP contribution in [0.15, 0.2) is 47.7 Å². The van der Waals surface area contributed by atoms with Crippen LogP contribution in [0.25, 0.3) is 6.08 Å². The van der Waals surface area contributed by atoms with E-state index in [1.165, 1.54) is 5.57 Å². The van der Waals surface area contributed by atoms with E-state index in [9.17, 15) is 10.2 Å². The Hall–Kier alpha value is -1.78. The molecular formula is C27H34FNO2. The van der Waals surface area contributed by atoms with E-state index in [4.69, 9.17) is 0 Å². The summed E-state index contributed by atoms with van der Waals surface area (Å²) in [5.41, 5.74) is 1.78. The number of hydrogen-bond donors (Lipinski definition) is 2. The van der Waals surface area contributed by atoms with Crippen LogP contribution in [0, 0.1) is 24.2 Å².